The summed E-state index contributed by atoms with van der Waals surface area (Å²) in [5.41, 5.74) is 3.41. The number of methoxy groups -OCH3 is 1. The van der Waals surface area contributed by atoms with Crippen LogP contribution in [0.15, 0.2) is 71.2 Å². The van der Waals surface area contributed by atoms with Crippen molar-refractivity contribution in [2.45, 2.75) is 19.7 Å². The maximum Gasteiger partial charge on any atom is 0.162 e. The van der Waals surface area contributed by atoms with E-state index in [1.54, 1.807) is 7.11 Å². The Bertz CT molecular complexity index is 869. The van der Waals surface area contributed by atoms with Crippen LogP contribution < -0.4 is 14.8 Å². The van der Waals surface area contributed by atoms with Gasteiger partial charge in [-0.1, -0.05) is 70.0 Å². The maximum atomic E-state index is 5.95. The zero-order valence-electron chi connectivity index (χ0n) is 15.0. The Morgan fingerprint density at radius 2 is 1.63 bits per heavy atom. The van der Waals surface area contributed by atoms with Gasteiger partial charge in [0, 0.05) is 22.6 Å². The molecule has 0 atom stereocenters. The molecule has 3 aromatic rings. The summed E-state index contributed by atoms with van der Waals surface area (Å²) in [6, 6.07) is 21.9. The van der Waals surface area contributed by atoms with Crippen molar-refractivity contribution in [2.75, 3.05) is 7.11 Å². The van der Waals surface area contributed by atoms with Crippen LogP contribution in [0.2, 0.25) is 5.02 Å². The molecule has 0 unspecified atom stereocenters. The van der Waals surface area contributed by atoms with E-state index >= 15 is 0 Å². The molecular formula is C22H21BrClNO2. The summed E-state index contributed by atoms with van der Waals surface area (Å²) in [5.74, 6) is 1.41. The average molecular weight is 447 g/mol. The van der Waals surface area contributed by atoms with Crippen LogP contribution in [0.4, 0.5) is 0 Å². The summed E-state index contributed by atoms with van der Waals surface area (Å²) in [4.78, 5) is 0. The minimum absolute atomic E-state index is 0.450. The van der Waals surface area contributed by atoms with Crippen LogP contribution in [0.3, 0.4) is 0 Å². The molecule has 140 valence electrons. The highest BCUT2D eigenvalue weighted by Gasteiger charge is 2.11. The third kappa shape index (κ3) is 5.73. The van der Waals surface area contributed by atoms with E-state index in [0.717, 1.165) is 28.7 Å². The van der Waals surface area contributed by atoms with Gasteiger partial charge >= 0.3 is 0 Å². The minimum atomic E-state index is 0.450. The zero-order valence-corrected chi connectivity index (χ0v) is 17.4. The highest BCUT2D eigenvalue weighted by molar-refractivity contribution is 9.10. The Morgan fingerprint density at radius 1 is 0.889 bits per heavy atom. The molecule has 0 aliphatic rings. The fourth-order valence-electron chi connectivity index (χ4n) is 2.66. The Morgan fingerprint density at radius 3 is 2.33 bits per heavy atom. The van der Waals surface area contributed by atoms with Gasteiger partial charge in [-0.15, -0.1) is 0 Å². The second-order valence-electron chi connectivity index (χ2n) is 6.10. The van der Waals surface area contributed by atoms with E-state index < -0.39 is 0 Å². The molecule has 0 saturated heterocycles. The topological polar surface area (TPSA) is 30.5 Å². The first kappa shape index (κ1) is 19.7. The van der Waals surface area contributed by atoms with Crippen molar-refractivity contribution < 1.29 is 9.47 Å². The molecule has 0 heterocycles. The molecule has 0 amide bonds. The van der Waals surface area contributed by atoms with Crippen molar-refractivity contribution in [3.8, 4) is 11.5 Å². The average Bonchev–Trinajstić information content (AvgIpc) is 2.69. The first-order valence-corrected chi connectivity index (χ1v) is 9.81. The molecule has 5 heteroatoms. The van der Waals surface area contributed by atoms with Crippen LogP contribution >= 0.6 is 27.5 Å². The van der Waals surface area contributed by atoms with Crippen LogP contribution in [-0.2, 0) is 19.7 Å². The monoisotopic (exact) mass is 445 g/mol. The third-order valence-corrected chi connectivity index (χ3v) is 5.12. The van der Waals surface area contributed by atoms with Crippen LogP contribution in [0, 0.1) is 0 Å². The first-order valence-electron chi connectivity index (χ1n) is 8.64. The molecule has 0 aliphatic carbocycles. The van der Waals surface area contributed by atoms with E-state index in [4.69, 9.17) is 21.1 Å². The fourth-order valence-corrected chi connectivity index (χ4v) is 3.25. The van der Waals surface area contributed by atoms with Crippen LogP contribution in [0.1, 0.15) is 16.7 Å². The molecule has 0 aliphatic heterocycles. The van der Waals surface area contributed by atoms with E-state index in [1.807, 2.05) is 54.6 Å². The highest BCUT2D eigenvalue weighted by atomic mass is 79.9. The number of hydrogen-bond donors (Lipinski definition) is 1. The van der Waals surface area contributed by atoms with Crippen LogP contribution in [0.5, 0.6) is 11.5 Å². The Hall–Kier alpha value is -2.01. The lowest BCUT2D eigenvalue weighted by atomic mass is 10.2. The molecule has 0 bridgehead atoms. The molecule has 3 nitrogen and oxygen atoms in total. The Kier molecular flexibility index (Phi) is 7.16. The zero-order chi connectivity index (χ0) is 19.1. The molecule has 1 N–H and O–H groups in total. The molecule has 0 spiro atoms. The number of rotatable bonds is 8. The SMILES string of the molecule is COc1cc(CNCc2ccccc2)c(Br)cc1OCc1ccc(Cl)cc1. The lowest BCUT2D eigenvalue weighted by molar-refractivity contribution is 0.284. The summed E-state index contributed by atoms with van der Waals surface area (Å²) < 4.78 is 12.4. The standard InChI is InChI=1S/C22H21BrClNO2/c1-26-21-11-18(14-25-13-16-5-3-2-4-6-16)20(23)12-22(21)27-15-17-7-9-19(24)10-8-17/h2-12,25H,13-15H2,1H3. The maximum absolute atomic E-state index is 5.95. The predicted molar refractivity (Wildman–Crippen MR) is 113 cm³/mol. The highest BCUT2D eigenvalue weighted by Crippen LogP contribution is 2.34. The van der Waals surface area contributed by atoms with Gasteiger partial charge in [0.15, 0.2) is 11.5 Å². The number of halogens is 2. The largest absolute Gasteiger partial charge is 0.493 e. The van der Waals surface area contributed by atoms with Crippen molar-refractivity contribution in [3.05, 3.63) is 92.9 Å². The van der Waals surface area contributed by atoms with E-state index in [9.17, 15) is 0 Å². The van der Waals surface area contributed by atoms with Gasteiger partial charge in [0.1, 0.15) is 6.61 Å². The Labute approximate surface area is 173 Å². The van der Waals surface area contributed by atoms with Gasteiger partial charge in [0.25, 0.3) is 0 Å². The quantitative estimate of drug-likeness (QED) is 0.462. The molecule has 0 aromatic heterocycles. The van der Waals surface area contributed by atoms with Crippen molar-refractivity contribution in [2.24, 2.45) is 0 Å². The minimum Gasteiger partial charge on any atom is -0.493 e. The number of ether oxygens (including phenoxy) is 2. The number of hydrogen-bond acceptors (Lipinski definition) is 3. The second-order valence-corrected chi connectivity index (χ2v) is 7.39. The van der Waals surface area contributed by atoms with Crippen molar-refractivity contribution in [3.63, 3.8) is 0 Å². The summed E-state index contributed by atoms with van der Waals surface area (Å²) in [6.07, 6.45) is 0. The lowest BCUT2D eigenvalue weighted by Crippen LogP contribution is -2.13. The molecular weight excluding hydrogens is 426 g/mol. The van der Waals surface area contributed by atoms with Gasteiger partial charge < -0.3 is 14.8 Å². The van der Waals surface area contributed by atoms with Gasteiger partial charge in [-0.05, 0) is 41.0 Å². The van der Waals surface area contributed by atoms with E-state index in [-0.39, 0.29) is 0 Å². The second kappa shape index (κ2) is 9.79. The van der Waals surface area contributed by atoms with E-state index in [2.05, 4.69) is 33.4 Å². The van der Waals surface area contributed by atoms with Crippen LogP contribution in [0.25, 0.3) is 0 Å². The van der Waals surface area contributed by atoms with Gasteiger partial charge in [0.2, 0.25) is 0 Å². The van der Waals surface area contributed by atoms with Gasteiger partial charge in [-0.3, -0.25) is 0 Å². The summed E-state index contributed by atoms with van der Waals surface area (Å²) in [6.45, 7) is 1.99. The van der Waals surface area contributed by atoms with Crippen molar-refractivity contribution in [1.29, 1.82) is 0 Å². The third-order valence-electron chi connectivity index (χ3n) is 4.13. The van der Waals surface area contributed by atoms with Crippen LogP contribution in [-0.4, -0.2) is 7.11 Å². The van der Waals surface area contributed by atoms with E-state index in [0.29, 0.717) is 23.1 Å². The number of nitrogens with one attached hydrogen (secondary N) is 1. The van der Waals surface area contributed by atoms with Crippen molar-refractivity contribution >= 4 is 27.5 Å². The smallest absolute Gasteiger partial charge is 0.162 e. The van der Waals surface area contributed by atoms with Gasteiger partial charge in [-0.2, -0.15) is 0 Å². The lowest BCUT2D eigenvalue weighted by Gasteiger charge is -2.15. The molecule has 0 fully saturated rings. The van der Waals surface area contributed by atoms with E-state index in [1.165, 1.54) is 5.56 Å². The molecule has 3 aromatic carbocycles. The first-order chi connectivity index (χ1) is 13.2. The van der Waals surface area contributed by atoms with Crippen molar-refractivity contribution in [1.82, 2.24) is 5.32 Å². The summed E-state index contributed by atoms with van der Waals surface area (Å²) in [5, 5.41) is 4.17. The number of benzene rings is 3. The molecule has 0 saturated carbocycles. The summed E-state index contributed by atoms with van der Waals surface area (Å²) >= 11 is 9.56. The van der Waals surface area contributed by atoms with Gasteiger partial charge in [0.05, 0.1) is 7.11 Å². The Balaban J connectivity index is 1.64. The van der Waals surface area contributed by atoms with Gasteiger partial charge in [-0.25, -0.2) is 0 Å². The predicted octanol–water partition coefficient (Wildman–Crippen LogP) is 5.98. The molecule has 27 heavy (non-hydrogen) atoms. The molecule has 0 radical (unpaired) electrons. The molecule has 3 rings (SSSR count). The fraction of sp³-hybridized carbons (Fsp3) is 0.182. The normalized spacial score (nSPS) is 10.6. The summed E-state index contributed by atoms with van der Waals surface area (Å²) in [7, 11) is 1.65.